The van der Waals surface area contributed by atoms with E-state index in [9.17, 15) is 5.11 Å². The average molecular weight is 292 g/mol. The lowest BCUT2D eigenvalue weighted by Gasteiger charge is -2.39. The first-order valence-electron chi connectivity index (χ1n) is 7.78. The van der Waals surface area contributed by atoms with Crippen LogP contribution in [0.5, 0.6) is 0 Å². The monoisotopic (exact) mass is 292 g/mol. The van der Waals surface area contributed by atoms with Crippen molar-refractivity contribution in [1.82, 2.24) is 9.97 Å². The van der Waals surface area contributed by atoms with Crippen molar-refractivity contribution in [1.29, 1.82) is 0 Å². The summed E-state index contributed by atoms with van der Waals surface area (Å²) in [4.78, 5) is 9.35. The van der Waals surface area contributed by atoms with Gasteiger partial charge in [0.25, 0.3) is 0 Å². The molecule has 1 fully saturated rings. The Hall–Kier alpha value is -1.36. The van der Waals surface area contributed by atoms with E-state index < -0.39 is 11.1 Å². The van der Waals surface area contributed by atoms with Gasteiger partial charge in [-0.05, 0) is 54.4 Å². The van der Waals surface area contributed by atoms with Gasteiger partial charge >= 0.3 is 0 Å². The van der Waals surface area contributed by atoms with Gasteiger partial charge in [0, 0.05) is 18.0 Å². The Morgan fingerprint density at radius 1 is 1.14 bits per heavy atom. The molecule has 0 atom stereocenters. The van der Waals surface area contributed by atoms with Crippen LogP contribution in [0.15, 0.2) is 0 Å². The van der Waals surface area contributed by atoms with Crippen molar-refractivity contribution in [2.75, 3.05) is 17.2 Å². The number of rotatable bonds is 6. The van der Waals surface area contributed by atoms with Crippen LogP contribution < -0.4 is 10.6 Å². The highest BCUT2D eigenvalue weighted by Crippen LogP contribution is 2.40. The molecule has 0 aromatic carbocycles. The van der Waals surface area contributed by atoms with Gasteiger partial charge in [-0.15, -0.1) is 0 Å². The molecule has 1 aliphatic rings. The molecule has 0 saturated heterocycles. The summed E-state index contributed by atoms with van der Waals surface area (Å²) in [7, 11) is 0. The molecule has 1 aromatic rings. The minimum absolute atomic E-state index is 0.490. The second-order valence-corrected chi connectivity index (χ2v) is 7.02. The van der Waals surface area contributed by atoms with E-state index in [4.69, 9.17) is 4.98 Å². The molecule has 0 radical (unpaired) electrons. The lowest BCUT2D eigenvalue weighted by atomic mass is 9.86. The maximum Gasteiger partial charge on any atom is 0.136 e. The number of hydrogen-bond acceptors (Lipinski definition) is 5. The normalized spacial score (nSPS) is 16.0. The molecule has 5 heteroatoms. The van der Waals surface area contributed by atoms with Crippen molar-refractivity contribution in [3.8, 4) is 0 Å². The van der Waals surface area contributed by atoms with Crippen molar-refractivity contribution < 1.29 is 5.11 Å². The smallest absolute Gasteiger partial charge is 0.136 e. The highest BCUT2D eigenvalue weighted by molar-refractivity contribution is 5.58. The minimum atomic E-state index is -0.859. The molecule has 1 aliphatic carbocycles. The van der Waals surface area contributed by atoms with E-state index in [1.54, 1.807) is 0 Å². The predicted octanol–water partition coefficient (Wildman–Crippen LogP) is 3.06. The minimum Gasteiger partial charge on any atom is -0.388 e. The van der Waals surface area contributed by atoms with Crippen molar-refractivity contribution in [2.45, 2.75) is 71.4 Å². The Morgan fingerprint density at radius 3 is 2.19 bits per heavy atom. The second-order valence-electron chi connectivity index (χ2n) is 7.02. The van der Waals surface area contributed by atoms with E-state index in [0.717, 1.165) is 29.6 Å². The van der Waals surface area contributed by atoms with E-state index in [1.165, 1.54) is 12.8 Å². The molecule has 3 N–H and O–H groups in total. The number of aliphatic hydroxyl groups is 1. The summed E-state index contributed by atoms with van der Waals surface area (Å²) in [6.45, 7) is 12.5. The fourth-order valence-electron chi connectivity index (χ4n) is 1.97. The van der Waals surface area contributed by atoms with Crippen molar-refractivity contribution in [2.24, 2.45) is 0 Å². The largest absolute Gasteiger partial charge is 0.388 e. The number of hydrogen-bond donors (Lipinski definition) is 3. The summed E-state index contributed by atoms with van der Waals surface area (Å²) >= 11 is 0. The zero-order valence-electron chi connectivity index (χ0n) is 14.0. The highest BCUT2D eigenvalue weighted by atomic mass is 16.3. The highest BCUT2D eigenvalue weighted by Gasteiger charge is 2.36. The first kappa shape index (κ1) is 16.0. The molecular weight excluding hydrogens is 264 g/mol. The van der Waals surface area contributed by atoms with Crippen LogP contribution in [0, 0.1) is 6.92 Å². The zero-order valence-corrected chi connectivity index (χ0v) is 14.0. The first-order chi connectivity index (χ1) is 9.65. The van der Waals surface area contributed by atoms with Crippen LogP contribution in [0.4, 0.5) is 11.6 Å². The van der Waals surface area contributed by atoms with E-state index in [-0.39, 0.29) is 0 Å². The fraction of sp³-hybridized carbons (Fsp3) is 0.750. The van der Waals surface area contributed by atoms with E-state index in [1.807, 2.05) is 34.6 Å². The molecule has 0 aliphatic heterocycles. The molecular formula is C16H28N4O. The maximum absolute atomic E-state index is 10.3. The molecule has 1 aromatic heterocycles. The molecule has 0 unspecified atom stereocenters. The Balaban J connectivity index is 2.37. The Bertz CT molecular complexity index is 516. The Kier molecular flexibility index (Phi) is 4.15. The van der Waals surface area contributed by atoms with E-state index >= 15 is 0 Å². The third-order valence-corrected chi connectivity index (χ3v) is 4.41. The van der Waals surface area contributed by atoms with Gasteiger partial charge in [-0.1, -0.05) is 0 Å². The average Bonchev–Trinajstić information content (AvgIpc) is 3.16. The Labute approximate surface area is 127 Å². The van der Waals surface area contributed by atoms with E-state index in [2.05, 4.69) is 22.5 Å². The molecule has 5 nitrogen and oxygen atoms in total. The number of aromatic nitrogens is 2. The molecule has 0 spiro atoms. The summed E-state index contributed by atoms with van der Waals surface area (Å²) in [6.07, 6.45) is 2.34. The van der Waals surface area contributed by atoms with Crippen LogP contribution in [0.3, 0.4) is 0 Å². The predicted molar refractivity (Wildman–Crippen MR) is 86.9 cm³/mol. The van der Waals surface area contributed by atoms with Crippen LogP contribution in [-0.2, 0) is 0 Å². The molecule has 1 heterocycles. The van der Waals surface area contributed by atoms with Crippen LogP contribution >= 0.6 is 0 Å². The van der Waals surface area contributed by atoms with Crippen molar-refractivity contribution in [3.63, 3.8) is 0 Å². The van der Waals surface area contributed by atoms with Gasteiger partial charge in [0.05, 0.1) is 11.1 Å². The van der Waals surface area contributed by atoms with Crippen LogP contribution in [0.1, 0.15) is 64.8 Å². The number of anilines is 2. The van der Waals surface area contributed by atoms with Crippen molar-refractivity contribution in [3.05, 3.63) is 11.4 Å². The fourth-order valence-corrected chi connectivity index (χ4v) is 1.97. The standard InChI is InChI=1S/C16H28N4O/c1-7-17-12-10(2)13(19-14(18-12)11-8-9-11)20-15(3,4)16(5,6)21/h11,21H,7-9H2,1-6H3,(H2,17,18,19,20). The van der Waals surface area contributed by atoms with Gasteiger partial charge in [-0.3, -0.25) is 0 Å². The summed E-state index contributed by atoms with van der Waals surface area (Å²) < 4.78 is 0. The molecule has 21 heavy (non-hydrogen) atoms. The molecule has 2 rings (SSSR count). The van der Waals surface area contributed by atoms with Crippen LogP contribution in [0.2, 0.25) is 0 Å². The molecule has 0 amide bonds. The summed E-state index contributed by atoms with van der Waals surface area (Å²) in [5.74, 6) is 3.11. The van der Waals surface area contributed by atoms with Gasteiger partial charge in [-0.25, -0.2) is 9.97 Å². The summed E-state index contributed by atoms with van der Waals surface area (Å²) in [6, 6.07) is 0. The topological polar surface area (TPSA) is 70.1 Å². The lowest BCUT2D eigenvalue weighted by molar-refractivity contribution is 0.0238. The third kappa shape index (κ3) is 3.46. The lowest BCUT2D eigenvalue weighted by Crippen LogP contribution is -2.51. The molecule has 0 bridgehead atoms. The summed E-state index contributed by atoms with van der Waals surface area (Å²) in [5, 5.41) is 17.1. The summed E-state index contributed by atoms with van der Waals surface area (Å²) in [5.41, 5.74) is -0.350. The van der Waals surface area contributed by atoms with Gasteiger partial charge in [0.2, 0.25) is 0 Å². The third-order valence-electron chi connectivity index (χ3n) is 4.41. The van der Waals surface area contributed by atoms with Crippen LogP contribution in [0.25, 0.3) is 0 Å². The maximum atomic E-state index is 10.3. The Morgan fingerprint density at radius 2 is 1.71 bits per heavy atom. The SMILES string of the molecule is CCNc1nc(C2CC2)nc(NC(C)(C)C(C)(C)O)c1C. The van der Waals surface area contributed by atoms with Gasteiger partial charge in [-0.2, -0.15) is 0 Å². The molecule has 118 valence electrons. The number of nitrogens with zero attached hydrogens (tertiary/aromatic N) is 2. The quantitative estimate of drug-likeness (QED) is 0.752. The van der Waals surface area contributed by atoms with Gasteiger partial charge in [0.1, 0.15) is 17.5 Å². The van der Waals surface area contributed by atoms with Crippen LogP contribution in [-0.4, -0.2) is 32.8 Å². The van der Waals surface area contributed by atoms with E-state index in [0.29, 0.717) is 5.92 Å². The zero-order chi connectivity index (χ0) is 15.8. The molecule has 1 saturated carbocycles. The first-order valence-corrected chi connectivity index (χ1v) is 7.78. The van der Waals surface area contributed by atoms with Gasteiger partial charge < -0.3 is 15.7 Å². The van der Waals surface area contributed by atoms with Gasteiger partial charge in [0.15, 0.2) is 0 Å². The second kappa shape index (κ2) is 5.44. The number of nitrogens with one attached hydrogen (secondary N) is 2. The van der Waals surface area contributed by atoms with Crippen molar-refractivity contribution >= 4 is 11.6 Å².